The summed E-state index contributed by atoms with van der Waals surface area (Å²) in [5.41, 5.74) is 6.52. The minimum atomic E-state index is -0.414. The quantitative estimate of drug-likeness (QED) is 0.746. The van der Waals surface area contributed by atoms with Crippen LogP contribution in [0.3, 0.4) is 0 Å². The van der Waals surface area contributed by atoms with Crippen molar-refractivity contribution in [2.75, 3.05) is 7.11 Å². The van der Waals surface area contributed by atoms with E-state index in [1.807, 2.05) is 13.8 Å². The van der Waals surface area contributed by atoms with Crippen molar-refractivity contribution in [1.82, 2.24) is 15.0 Å². The van der Waals surface area contributed by atoms with Crippen molar-refractivity contribution >= 4 is 5.91 Å². The van der Waals surface area contributed by atoms with Crippen LogP contribution in [0.2, 0.25) is 0 Å². The summed E-state index contributed by atoms with van der Waals surface area (Å²) >= 11 is 0. The first kappa shape index (κ1) is 11.6. The number of hydrogen-bond acceptors (Lipinski definition) is 4. The van der Waals surface area contributed by atoms with Crippen LogP contribution in [0.4, 0.5) is 0 Å². The van der Waals surface area contributed by atoms with E-state index < -0.39 is 5.91 Å². The Hall–Kier alpha value is -1.43. The van der Waals surface area contributed by atoms with Crippen LogP contribution in [-0.4, -0.2) is 28.0 Å². The maximum absolute atomic E-state index is 10.8. The lowest BCUT2D eigenvalue weighted by molar-refractivity contribution is -0.117. The lowest BCUT2D eigenvalue weighted by Crippen LogP contribution is -2.16. The summed E-state index contributed by atoms with van der Waals surface area (Å²) in [4.78, 5) is 10.8. The number of nitrogens with zero attached hydrogens (tertiary/aromatic N) is 3. The molecule has 1 heterocycles. The standard InChI is InChI=1S/C9H16N4O2/c1-6(2)13-8(5-15-3)7(11-12-13)4-9(10)14/h6H,4-5H2,1-3H3,(H2,10,14). The Morgan fingerprint density at radius 2 is 2.27 bits per heavy atom. The highest BCUT2D eigenvalue weighted by Crippen LogP contribution is 2.12. The molecule has 0 aliphatic heterocycles. The molecule has 0 radical (unpaired) electrons. The average Bonchev–Trinajstić information content (AvgIpc) is 2.48. The summed E-state index contributed by atoms with van der Waals surface area (Å²) in [5, 5.41) is 7.89. The van der Waals surface area contributed by atoms with Gasteiger partial charge >= 0.3 is 0 Å². The number of amides is 1. The molecule has 0 unspecified atom stereocenters. The lowest BCUT2D eigenvalue weighted by atomic mass is 10.2. The molecule has 0 aliphatic rings. The first-order valence-corrected chi connectivity index (χ1v) is 4.76. The summed E-state index contributed by atoms with van der Waals surface area (Å²) < 4.78 is 6.78. The minimum absolute atomic E-state index is 0.103. The summed E-state index contributed by atoms with van der Waals surface area (Å²) in [7, 11) is 1.59. The first-order valence-electron chi connectivity index (χ1n) is 4.76. The lowest BCUT2D eigenvalue weighted by Gasteiger charge is -2.09. The molecule has 6 nitrogen and oxygen atoms in total. The molecule has 1 rings (SSSR count). The third kappa shape index (κ3) is 2.76. The molecule has 15 heavy (non-hydrogen) atoms. The van der Waals surface area contributed by atoms with Gasteiger partial charge in [-0.05, 0) is 13.8 Å². The van der Waals surface area contributed by atoms with Crippen molar-refractivity contribution < 1.29 is 9.53 Å². The van der Waals surface area contributed by atoms with Crippen molar-refractivity contribution in [3.63, 3.8) is 0 Å². The molecule has 1 aromatic rings. The fourth-order valence-corrected chi connectivity index (χ4v) is 1.35. The maximum Gasteiger partial charge on any atom is 0.223 e. The number of carbonyl (C=O) groups excluding carboxylic acids is 1. The second kappa shape index (κ2) is 4.88. The number of nitrogens with two attached hydrogens (primary N) is 1. The Bertz CT molecular complexity index is 346. The zero-order valence-corrected chi connectivity index (χ0v) is 9.23. The van der Waals surface area contributed by atoms with Crippen molar-refractivity contribution in [1.29, 1.82) is 0 Å². The Kier molecular flexibility index (Phi) is 3.79. The van der Waals surface area contributed by atoms with Gasteiger partial charge in [-0.1, -0.05) is 5.21 Å². The van der Waals surface area contributed by atoms with Gasteiger partial charge in [-0.15, -0.1) is 5.10 Å². The molecule has 0 saturated carbocycles. The summed E-state index contributed by atoms with van der Waals surface area (Å²) in [5.74, 6) is -0.414. The summed E-state index contributed by atoms with van der Waals surface area (Å²) in [6.07, 6.45) is 0.103. The highest BCUT2D eigenvalue weighted by molar-refractivity contribution is 5.76. The van der Waals surface area contributed by atoms with E-state index >= 15 is 0 Å². The topological polar surface area (TPSA) is 83.0 Å². The maximum atomic E-state index is 10.8. The monoisotopic (exact) mass is 212 g/mol. The molecule has 0 bridgehead atoms. The van der Waals surface area contributed by atoms with Crippen LogP contribution in [0, 0.1) is 0 Å². The fraction of sp³-hybridized carbons (Fsp3) is 0.667. The molecule has 1 aromatic heterocycles. The summed E-state index contributed by atoms with van der Waals surface area (Å²) in [6.45, 7) is 4.36. The molecule has 0 spiro atoms. The minimum Gasteiger partial charge on any atom is -0.378 e. The van der Waals surface area contributed by atoms with Crippen molar-refractivity contribution in [3.8, 4) is 0 Å². The van der Waals surface area contributed by atoms with E-state index in [0.717, 1.165) is 5.69 Å². The molecule has 0 fully saturated rings. The third-order valence-electron chi connectivity index (χ3n) is 1.98. The van der Waals surface area contributed by atoms with Crippen molar-refractivity contribution in [3.05, 3.63) is 11.4 Å². The zero-order chi connectivity index (χ0) is 11.4. The van der Waals surface area contributed by atoms with E-state index in [4.69, 9.17) is 10.5 Å². The largest absolute Gasteiger partial charge is 0.378 e. The predicted octanol–water partition coefficient (Wildman–Crippen LogP) is 0.0332. The molecular weight excluding hydrogens is 196 g/mol. The SMILES string of the molecule is COCc1c(CC(N)=O)nnn1C(C)C. The Morgan fingerprint density at radius 3 is 2.73 bits per heavy atom. The number of hydrogen-bond donors (Lipinski definition) is 1. The van der Waals surface area contributed by atoms with E-state index in [2.05, 4.69) is 10.3 Å². The number of methoxy groups -OCH3 is 1. The van der Waals surface area contributed by atoms with Crippen LogP contribution in [0.5, 0.6) is 0 Å². The molecule has 84 valence electrons. The van der Waals surface area contributed by atoms with Crippen molar-refractivity contribution in [2.45, 2.75) is 32.9 Å². The highest BCUT2D eigenvalue weighted by Gasteiger charge is 2.15. The van der Waals surface area contributed by atoms with Gasteiger partial charge in [0.1, 0.15) is 0 Å². The van der Waals surface area contributed by atoms with Crippen LogP contribution < -0.4 is 5.73 Å². The van der Waals surface area contributed by atoms with Crippen molar-refractivity contribution in [2.24, 2.45) is 5.73 Å². The van der Waals surface area contributed by atoms with Gasteiger partial charge < -0.3 is 10.5 Å². The van der Waals surface area contributed by atoms with E-state index in [0.29, 0.717) is 12.3 Å². The Morgan fingerprint density at radius 1 is 1.60 bits per heavy atom. The van der Waals surface area contributed by atoms with Gasteiger partial charge in [0.05, 0.1) is 24.4 Å². The molecular formula is C9H16N4O2. The van der Waals surface area contributed by atoms with Gasteiger partial charge in [0, 0.05) is 13.2 Å². The number of carbonyl (C=O) groups is 1. The molecule has 6 heteroatoms. The predicted molar refractivity (Wildman–Crippen MR) is 54.0 cm³/mol. The second-order valence-corrected chi connectivity index (χ2v) is 3.60. The smallest absolute Gasteiger partial charge is 0.223 e. The van der Waals surface area contributed by atoms with Gasteiger partial charge in [-0.3, -0.25) is 4.79 Å². The molecule has 1 amide bonds. The molecule has 0 atom stereocenters. The Balaban J connectivity index is 3.00. The third-order valence-corrected chi connectivity index (χ3v) is 1.98. The number of rotatable bonds is 5. The number of primary amides is 1. The van der Waals surface area contributed by atoms with Gasteiger partial charge in [0.15, 0.2) is 0 Å². The van der Waals surface area contributed by atoms with Gasteiger partial charge in [0.2, 0.25) is 5.91 Å². The summed E-state index contributed by atoms with van der Waals surface area (Å²) in [6, 6.07) is 0.185. The van der Waals surface area contributed by atoms with E-state index in [-0.39, 0.29) is 12.5 Å². The molecule has 0 saturated heterocycles. The Labute approximate surface area is 88.4 Å². The van der Waals surface area contributed by atoms with Crippen LogP contribution in [0.15, 0.2) is 0 Å². The van der Waals surface area contributed by atoms with Crippen LogP contribution in [0.25, 0.3) is 0 Å². The fourth-order valence-electron chi connectivity index (χ4n) is 1.35. The van der Waals surface area contributed by atoms with Crippen LogP contribution in [0.1, 0.15) is 31.3 Å². The number of ether oxygens (including phenoxy) is 1. The normalized spacial score (nSPS) is 10.9. The first-order chi connectivity index (χ1) is 7.06. The molecule has 0 aromatic carbocycles. The molecule has 2 N–H and O–H groups in total. The van der Waals surface area contributed by atoms with E-state index in [1.54, 1.807) is 11.8 Å². The van der Waals surface area contributed by atoms with E-state index in [1.165, 1.54) is 0 Å². The van der Waals surface area contributed by atoms with Gasteiger partial charge in [-0.2, -0.15) is 0 Å². The van der Waals surface area contributed by atoms with Gasteiger partial charge in [-0.25, -0.2) is 4.68 Å². The molecule has 0 aliphatic carbocycles. The van der Waals surface area contributed by atoms with E-state index in [9.17, 15) is 4.79 Å². The van der Waals surface area contributed by atoms with Gasteiger partial charge in [0.25, 0.3) is 0 Å². The second-order valence-electron chi connectivity index (χ2n) is 3.60. The zero-order valence-electron chi connectivity index (χ0n) is 9.23. The highest BCUT2D eigenvalue weighted by atomic mass is 16.5. The number of aromatic nitrogens is 3. The average molecular weight is 212 g/mol. The van der Waals surface area contributed by atoms with Crippen LogP contribution >= 0.6 is 0 Å². The van der Waals surface area contributed by atoms with Crippen LogP contribution in [-0.2, 0) is 22.6 Å².